The van der Waals surface area contributed by atoms with Gasteiger partial charge in [-0.05, 0) is 37.0 Å². The van der Waals surface area contributed by atoms with Gasteiger partial charge in [0, 0.05) is 18.7 Å². The quantitative estimate of drug-likeness (QED) is 0.904. The summed E-state index contributed by atoms with van der Waals surface area (Å²) in [6.07, 6.45) is 4.72. The molecule has 0 bridgehead atoms. The van der Waals surface area contributed by atoms with Gasteiger partial charge in [0.05, 0.1) is 17.1 Å². The number of imidazole rings is 1. The van der Waals surface area contributed by atoms with Crippen molar-refractivity contribution < 1.29 is 4.79 Å². The molecule has 1 atom stereocenters. The minimum atomic E-state index is -0.491. The highest BCUT2D eigenvalue weighted by molar-refractivity contribution is 5.96. The van der Waals surface area contributed by atoms with E-state index in [1.54, 1.807) is 0 Å². The fraction of sp³-hybridized carbons (Fsp3) is 0.529. The number of carbonyl (C=O) groups excluding carboxylic acids is 1. The SMILES string of the molecule is CC(C)[C@H](N)C(=O)Nc1ccc2c(c1)nc1n2CCCCC1.Cl. The average Bonchev–Trinajstić information content (AvgIpc) is 2.67. The number of aryl methyl sites for hydroxylation is 2. The molecule has 1 aromatic heterocycles. The van der Waals surface area contributed by atoms with Crippen molar-refractivity contribution in [3.63, 3.8) is 0 Å². The first-order valence-corrected chi connectivity index (χ1v) is 8.12. The summed E-state index contributed by atoms with van der Waals surface area (Å²) in [5, 5.41) is 2.89. The molecule has 23 heavy (non-hydrogen) atoms. The lowest BCUT2D eigenvalue weighted by Crippen LogP contribution is -2.39. The molecule has 6 heteroatoms. The highest BCUT2D eigenvalue weighted by Crippen LogP contribution is 2.24. The molecule has 0 fully saturated rings. The summed E-state index contributed by atoms with van der Waals surface area (Å²) < 4.78 is 2.31. The Hall–Kier alpha value is -1.59. The zero-order valence-electron chi connectivity index (χ0n) is 13.7. The van der Waals surface area contributed by atoms with Crippen molar-refractivity contribution in [3.8, 4) is 0 Å². The molecule has 5 nitrogen and oxygen atoms in total. The predicted octanol–water partition coefficient (Wildman–Crippen LogP) is 3.11. The summed E-state index contributed by atoms with van der Waals surface area (Å²) in [5.74, 6) is 1.14. The molecule has 0 aliphatic carbocycles. The normalized spacial score (nSPS) is 15.7. The Kier molecular flexibility index (Phi) is 5.65. The van der Waals surface area contributed by atoms with Crippen LogP contribution in [-0.2, 0) is 17.8 Å². The number of nitrogens with two attached hydrogens (primary N) is 1. The van der Waals surface area contributed by atoms with Gasteiger partial charge in [-0.2, -0.15) is 0 Å². The van der Waals surface area contributed by atoms with Crippen LogP contribution < -0.4 is 11.1 Å². The van der Waals surface area contributed by atoms with Gasteiger partial charge in [0.2, 0.25) is 5.91 Å². The van der Waals surface area contributed by atoms with E-state index in [2.05, 4.69) is 9.88 Å². The van der Waals surface area contributed by atoms with Crippen molar-refractivity contribution >= 4 is 35.0 Å². The van der Waals surface area contributed by atoms with Crippen molar-refractivity contribution in [3.05, 3.63) is 24.0 Å². The topological polar surface area (TPSA) is 72.9 Å². The number of hydrogen-bond acceptors (Lipinski definition) is 3. The highest BCUT2D eigenvalue weighted by atomic mass is 35.5. The molecular weight excluding hydrogens is 312 g/mol. The fourth-order valence-corrected chi connectivity index (χ4v) is 2.96. The molecule has 0 unspecified atom stereocenters. The van der Waals surface area contributed by atoms with Crippen molar-refractivity contribution in [1.82, 2.24) is 9.55 Å². The minimum absolute atomic E-state index is 0. The van der Waals surface area contributed by atoms with E-state index in [0.29, 0.717) is 0 Å². The van der Waals surface area contributed by atoms with E-state index in [9.17, 15) is 4.79 Å². The predicted molar refractivity (Wildman–Crippen MR) is 96.0 cm³/mol. The Morgan fingerprint density at radius 3 is 2.83 bits per heavy atom. The largest absolute Gasteiger partial charge is 0.328 e. The Balaban J connectivity index is 0.00000192. The molecule has 1 aliphatic heterocycles. The van der Waals surface area contributed by atoms with Crippen LogP contribution in [0.1, 0.15) is 38.9 Å². The van der Waals surface area contributed by atoms with Crippen molar-refractivity contribution in [2.75, 3.05) is 5.32 Å². The number of aromatic nitrogens is 2. The third kappa shape index (κ3) is 3.67. The van der Waals surface area contributed by atoms with E-state index in [0.717, 1.165) is 35.5 Å². The summed E-state index contributed by atoms with van der Waals surface area (Å²) in [6, 6.07) is 5.44. The first kappa shape index (κ1) is 17.8. The number of fused-ring (bicyclic) bond motifs is 3. The monoisotopic (exact) mass is 336 g/mol. The van der Waals surface area contributed by atoms with Gasteiger partial charge in [-0.3, -0.25) is 4.79 Å². The van der Waals surface area contributed by atoms with Crippen molar-refractivity contribution in [1.29, 1.82) is 0 Å². The highest BCUT2D eigenvalue weighted by Gasteiger charge is 2.18. The second kappa shape index (κ2) is 7.32. The number of benzene rings is 1. The zero-order valence-corrected chi connectivity index (χ0v) is 14.5. The van der Waals surface area contributed by atoms with Crippen LogP contribution in [-0.4, -0.2) is 21.5 Å². The molecular formula is C17H25ClN4O. The van der Waals surface area contributed by atoms with Gasteiger partial charge < -0.3 is 15.6 Å². The second-order valence-corrected chi connectivity index (χ2v) is 6.45. The molecule has 3 N–H and O–H groups in total. The Labute approximate surface area is 143 Å². The summed E-state index contributed by atoms with van der Waals surface area (Å²) in [4.78, 5) is 16.8. The van der Waals surface area contributed by atoms with Crippen LogP contribution in [0.15, 0.2) is 18.2 Å². The Morgan fingerprint density at radius 2 is 2.09 bits per heavy atom. The van der Waals surface area contributed by atoms with Crippen LogP contribution >= 0.6 is 12.4 Å². The van der Waals surface area contributed by atoms with E-state index in [1.807, 2.05) is 32.0 Å². The maximum absolute atomic E-state index is 12.1. The van der Waals surface area contributed by atoms with Gasteiger partial charge in [0.15, 0.2) is 0 Å². The number of nitrogens with one attached hydrogen (secondary N) is 1. The van der Waals surface area contributed by atoms with Crippen molar-refractivity contribution in [2.24, 2.45) is 11.7 Å². The van der Waals surface area contributed by atoms with Gasteiger partial charge in [0.1, 0.15) is 5.82 Å². The number of nitrogens with zero attached hydrogens (tertiary/aromatic N) is 2. The average molecular weight is 337 g/mol. The van der Waals surface area contributed by atoms with Crippen LogP contribution in [0.25, 0.3) is 11.0 Å². The van der Waals surface area contributed by atoms with Crippen LogP contribution in [0.3, 0.4) is 0 Å². The molecule has 3 rings (SSSR count). The molecule has 1 aromatic carbocycles. The first-order valence-electron chi connectivity index (χ1n) is 8.12. The van der Waals surface area contributed by atoms with Crippen LogP contribution in [0.4, 0.5) is 5.69 Å². The lowest BCUT2D eigenvalue weighted by atomic mass is 10.0. The summed E-state index contributed by atoms with van der Waals surface area (Å²) in [7, 11) is 0. The number of halogens is 1. The Bertz CT molecular complexity index is 695. The van der Waals surface area contributed by atoms with Gasteiger partial charge in [0.25, 0.3) is 0 Å². The number of amides is 1. The molecule has 0 saturated carbocycles. The van der Waals surface area contributed by atoms with Gasteiger partial charge in [-0.1, -0.05) is 20.3 Å². The molecule has 0 radical (unpaired) electrons. The summed E-state index contributed by atoms with van der Waals surface area (Å²) >= 11 is 0. The van der Waals surface area contributed by atoms with Crippen LogP contribution in [0, 0.1) is 5.92 Å². The maximum Gasteiger partial charge on any atom is 0.241 e. The molecule has 2 heterocycles. The third-order valence-electron chi connectivity index (χ3n) is 4.40. The molecule has 1 aliphatic rings. The zero-order chi connectivity index (χ0) is 15.7. The lowest BCUT2D eigenvalue weighted by molar-refractivity contribution is -0.118. The third-order valence-corrected chi connectivity index (χ3v) is 4.40. The fourth-order valence-electron chi connectivity index (χ4n) is 2.96. The van der Waals surface area contributed by atoms with E-state index >= 15 is 0 Å². The Morgan fingerprint density at radius 1 is 1.30 bits per heavy atom. The van der Waals surface area contributed by atoms with Crippen LogP contribution in [0.5, 0.6) is 0 Å². The summed E-state index contributed by atoms with van der Waals surface area (Å²) in [5.41, 5.74) is 8.76. The van der Waals surface area contributed by atoms with E-state index in [-0.39, 0.29) is 24.2 Å². The second-order valence-electron chi connectivity index (χ2n) is 6.45. The van der Waals surface area contributed by atoms with Gasteiger partial charge >= 0.3 is 0 Å². The molecule has 0 spiro atoms. The van der Waals surface area contributed by atoms with Crippen LogP contribution in [0.2, 0.25) is 0 Å². The van der Waals surface area contributed by atoms with Crippen molar-refractivity contribution in [2.45, 2.75) is 52.1 Å². The maximum atomic E-state index is 12.1. The lowest BCUT2D eigenvalue weighted by Gasteiger charge is -2.15. The van der Waals surface area contributed by atoms with E-state index in [1.165, 1.54) is 19.3 Å². The van der Waals surface area contributed by atoms with Gasteiger partial charge in [-0.15, -0.1) is 12.4 Å². The molecule has 0 saturated heterocycles. The van der Waals surface area contributed by atoms with Gasteiger partial charge in [-0.25, -0.2) is 4.98 Å². The molecule has 2 aromatic rings. The first-order chi connectivity index (χ1) is 10.6. The summed E-state index contributed by atoms with van der Waals surface area (Å²) in [6.45, 7) is 4.93. The smallest absolute Gasteiger partial charge is 0.241 e. The van der Waals surface area contributed by atoms with E-state index < -0.39 is 6.04 Å². The standard InChI is InChI=1S/C17H24N4O.ClH/c1-11(2)16(18)17(22)19-12-7-8-14-13(10-12)20-15-6-4-3-5-9-21(14)15;/h7-8,10-11,16H,3-6,9,18H2,1-2H3,(H,19,22);1H/t16-;/m0./s1. The number of rotatable bonds is 3. The molecule has 126 valence electrons. The minimum Gasteiger partial charge on any atom is -0.328 e. The number of anilines is 1. The number of hydrogen-bond donors (Lipinski definition) is 2. The number of carbonyl (C=O) groups is 1. The van der Waals surface area contributed by atoms with E-state index in [4.69, 9.17) is 10.7 Å². The molecule has 1 amide bonds.